The molecule has 0 aliphatic carbocycles. The van der Waals surface area contributed by atoms with Crippen molar-refractivity contribution in [2.45, 2.75) is 0 Å². The highest BCUT2D eigenvalue weighted by atomic mass is 16.6. The molecule has 7 heavy (non-hydrogen) atoms. The van der Waals surface area contributed by atoms with E-state index in [1.807, 2.05) is 0 Å². The zero-order valence-electron chi connectivity index (χ0n) is 3.74. The van der Waals surface area contributed by atoms with Crippen LogP contribution in [0.25, 0.3) is 10.4 Å². The molecule has 0 unspecified atom stereocenters. The van der Waals surface area contributed by atoms with Gasteiger partial charge in [-0.3, -0.25) is 0 Å². The molecule has 0 saturated carbocycles. The third-order valence-corrected chi connectivity index (χ3v) is 0.303. The van der Waals surface area contributed by atoms with Gasteiger partial charge < -0.3 is 10.6 Å². The van der Waals surface area contributed by atoms with Crippen LogP contribution in [0.15, 0.2) is 5.28 Å². The van der Waals surface area contributed by atoms with Crippen molar-refractivity contribution in [3.05, 3.63) is 10.4 Å². The Bertz CT molecular complexity index is 75.8. The predicted octanol–water partition coefficient (Wildman–Crippen LogP) is 0.187. The molecule has 0 rings (SSSR count). The van der Waals surface area contributed by atoms with Crippen LogP contribution in [0.4, 0.5) is 0 Å². The van der Waals surface area contributed by atoms with Crippen LogP contribution in [0.1, 0.15) is 0 Å². The Kier molecular flexibility index (Phi) is 4.40. The molecule has 0 aromatic heterocycles. The van der Waals surface area contributed by atoms with Gasteiger partial charge in [-0.05, 0) is 5.53 Å². The van der Waals surface area contributed by atoms with Gasteiger partial charge >= 0.3 is 0 Å². The van der Waals surface area contributed by atoms with Crippen molar-refractivity contribution in [1.29, 1.82) is 0 Å². The van der Waals surface area contributed by atoms with Gasteiger partial charge in [-0.2, -0.15) is 0 Å². The lowest BCUT2D eigenvalue weighted by Crippen LogP contribution is -2.04. The number of azide groups is 1. The molecular formula is C2H6N4O. The van der Waals surface area contributed by atoms with Crippen LogP contribution < -0.4 is 5.73 Å². The molecule has 40 valence electrons. The first-order valence-electron chi connectivity index (χ1n) is 1.78. The van der Waals surface area contributed by atoms with Crippen LogP contribution in [0, 0.1) is 0 Å². The van der Waals surface area contributed by atoms with E-state index in [2.05, 4.69) is 15.0 Å². The highest BCUT2D eigenvalue weighted by Crippen LogP contribution is 1.70. The van der Waals surface area contributed by atoms with Crippen LogP contribution in [0.5, 0.6) is 0 Å². The van der Waals surface area contributed by atoms with Crippen molar-refractivity contribution in [1.82, 2.24) is 0 Å². The van der Waals surface area contributed by atoms with Crippen molar-refractivity contribution in [3.63, 3.8) is 0 Å². The second-order valence-corrected chi connectivity index (χ2v) is 0.793. The lowest BCUT2D eigenvalue weighted by molar-refractivity contribution is 0.146. The van der Waals surface area contributed by atoms with Crippen LogP contribution in [-0.4, -0.2) is 13.2 Å². The van der Waals surface area contributed by atoms with Crippen molar-refractivity contribution < 1.29 is 4.84 Å². The lowest BCUT2D eigenvalue weighted by atomic mass is 10.8. The van der Waals surface area contributed by atoms with Gasteiger partial charge in [-0.25, -0.2) is 0 Å². The lowest BCUT2D eigenvalue weighted by Gasteiger charge is -1.87. The van der Waals surface area contributed by atoms with Crippen molar-refractivity contribution in [2.75, 3.05) is 13.2 Å². The van der Waals surface area contributed by atoms with Crippen LogP contribution in [0.2, 0.25) is 0 Å². The molecule has 0 fully saturated rings. The van der Waals surface area contributed by atoms with Gasteiger partial charge in [0, 0.05) is 11.5 Å². The Morgan fingerprint density at radius 3 is 3.00 bits per heavy atom. The summed E-state index contributed by atoms with van der Waals surface area (Å²) in [5.41, 5.74) is 12.5. The largest absolute Gasteiger partial charge is 0.432 e. The molecule has 0 aliphatic rings. The summed E-state index contributed by atoms with van der Waals surface area (Å²) < 4.78 is 0. The van der Waals surface area contributed by atoms with E-state index < -0.39 is 0 Å². The molecule has 2 N–H and O–H groups in total. The zero-order chi connectivity index (χ0) is 5.54. The van der Waals surface area contributed by atoms with Gasteiger partial charge in [-0.15, -0.1) is 0 Å². The Hall–Kier alpha value is -0.930. The number of hydrogen-bond donors (Lipinski definition) is 1. The molecule has 0 radical (unpaired) electrons. The average Bonchev–Trinajstić information content (AvgIpc) is 1.69. The number of rotatable bonds is 3. The Morgan fingerprint density at radius 2 is 2.57 bits per heavy atom. The fraction of sp³-hybridized carbons (Fsp3) is 1.00. The van der Waals surface area contributed by atoms with E-state index in [9.17, 15) is 0 Å². The van der Waals surface area contributed by atoms with Gasteiger partial charge in [0.15, 0.2) is 0 Å². The normalized spacial score (nSPS) is 7.00. The molecular weight excluding hydrogens is 96.0 g/mol. The molecule has 0 heterocycles. The predicted molar refractivity (Wildman–Crippen MR) is 24.2 cm³/mol. The van der Waals surface area contributed by atoms with Gasteiger partial charge in [0.05, 0.1) is 0 Å². The summed E-state index contributed by atoms with van der Waals surface area (Å²) in [6.07, 6.45) is 0. The number of hydrogen-bond acceptors (Lipinski definition) is 3. The van der Waals surface area contributed by atoms with E-state index in [-0.39, 0.29) is 6.61 Å². The maximum absolute atomic E-state index is 7.59. The van der Waals surface area contributed by atoms with Gasteiger partial charge in [0.25, 0.3) is 0 Å². The molecule has 0 saturated heterocycles. The summed E-state index contributed by atoms with van der Waals surface area (Å²) in [5, 5.41) is 2.76. The summed E-state index contributed by atoms with van der Waals surface area (Å²) in [5.74, 6) is 0. The second-order valence-electron chi connectivity index (χ2n) is 0.793. The summed E-state index contributed by atoms with van der Waals surface area (Å²) in [7, 11) is 0. The molecule has 0 spiro atoms. The minimum absolute atomic E-state index is 0.282. The first-order valence-corrected chi connectivity index (χ1v) is 1.78. The quantitative estimate of drug-likeness (QED) is 0.181. The summed E-state index contributed by atoms with van der Waals surface area (Å²) in [6, 6.07) is 0. The number of nitrogens with zero attached hydrogens (tertiary/aromatic N) is 3. The highest BCUT2D eigenvalue weighted by Gasteiger charge is 1.71. The smallest absolute Gasteiger partial charge is 0.111 e. The average molecular weight is 102 g/mol. The molecule has 0 bridgehead atoms. The van der Waals surface area contributed by atoms with E-state index in [1.165, 1.54) is 0 Å². The number of nitrogens with two attached hydrogens (primary N) is 1. The third kappa shape index (κ3) is 5.07. The molecule has 0 aromatic carbocycles. The Morgan fingerprint density at radius 1 is 1.86 bits per heavy atom. The van der Waals surface area contributed by atoms with Gasteiger partial charge in [0.2, 0.25) is 0 Å². The minimum Gasteiger partial charge on any atom is -0.432 e. The molecule has 0 aliphatic heterocycles. The first kappa shape index (κ1) is 6.07. The van der Waals surface area contributed by atoms with Crippen molar-refractivity contribution >= 4 is 0 Å². The fourth-order valence-electron chi connectivity index (χ4n) is 0.119. The third-order valence-electron chi connectivity index (χ3n) is 0.303. The maximum Gasteiger partial charge on any atom is 0.111 e. The second kappa shape index (κ2) is 5.07. The molecule has 0 atom stereocenters. The monoisotopic (exact) mass is 102 g/mol. The van der Waals surface area contributed by atoms with E-state index in [4.69, 9.17) is 11.3 Å². The maximum atomic E-state index is 7.59. The summed E-state index contributed by atoms with van der Waals surface area (Å²) in [6.45, 7) is 0.656. The first-order chi connectivity index (χ1) is 3.41. The molecule has 0 aromatic rings. The van der Waals surface area contributed by atoms with Crippen LogP contribution >= 0.6 is 0 Å². The Balaban J connectivity index is 2.83. The van der Waals surface area contributed by atoms with Crippen molar-refractivity contribution in [2.24, 2.45) is 11.0 Å². The molecule has 5 nitrogen and oxygen atoms in total. The van der Waals surface area contributed by atoms with Crippen LogP contribution in [-0.2, 0) is 4.84 Å². The van der Waals surface area contributed by atoms with E-state index in [0.717, 1.165) is 0 Å². The highest BCUT2D eigenvalue weighted by molar-refractivity contribution is 4.30. The minimum atomic E-state index is 0.282. The van der Waals surface area contributed by atoms with E-state index in [1.54, 1.807) is 0 Å². The SMILES string of the molecule is [N-]=[N+]=NOCCN. The molecule has 0 amide bonds. The Labute approximate surface area is 40.6 Å². The van der Waals surface area contributed by atoms with Gasteiger partial charge in [-0.1, -0.05) is 0 Å². The van der Waals surface area contributed by atoms with Crippen LogP contribution in [0.3, 0.4) is 0 Å². The fourth-order valence-corrected chi connectivity index (χ4v) is 0.119. The zero-order valence-corrected chi connectivity index (χ0v) is 3.74. The van der Waals surface area contributed by atoms with Crippen molar-refractivity contribution in [3.8, 4) is 0 Å². The van der Waals surface area contributed by atoms with E-state index in [0.29, 0.717) is 6.54 Å². The summed E-state index contributed by atoms with van der Waals surface area (Å²) >= 11 is 0. The molecule has 5 heteroatoms. The summed E-state index contributed by atoms with van der Waals surface area (Å²) in [4.78, 5) is 6.54. The van der Waals surface area contributed by atoms with Gasteiger partial charge in [0.1, 0.15) is 11.9 Å². The standard InChI is InChI=1S/C2H6N4O/c3-1-2-7-6-5-4/h1-3H2. The topological polar surface area (TPSA) is 84.0 Å². The van der Waals surface area contributed by atoms with E-state index >= 15 is 0 Å².